The zero-order chi connectivity index (χ0) is 30.0. The first-order valence-electron chi connectivity index (χ1n) is 14.8. The summed E-state index contributed by atoms with van der Waals surface area (Å²) in [6, 6.07) is 0. The predicted molar refractivity (Wildman–Crippen MR) is 168 cm³/mol. The van der Waals surface area contributed by atoms with Gasteiger partial charge >= 0.3 is 5.97 Å². The molecule has 1 saturated heterocycles. The Morgan fingerprint density at radius 2 is 1.76 bits per heavy atom. The Balaban J connectivity index is 1.69. The highest BCUT2D eigenvalue weighted by Crippen LogP contribution is 2.49. The van der Waals surface area contributed by atoms with Crippen LogP contribution in [0.3, 0.4) is 0 Å². The number of hydrogen-bond donors (Lipinski definition) is 2. The number of ether oxygens (including phenoxy) is 1. The lowest BCUT2D eigenvalue weighted by atomic mass is 9.84. The monoisotopic (exact) mass is 562 g/mol. The van der Waals surface area contributed by atoms with Crippen LogP contribution in [0.1, 0.15) is 60.8 Å². The van der Waals surface area contributed by atoms with Crippen molar-refractivity contribution in [1.29, 1.82) is 0 Å². The van der Waals surface area contributed by atoms with Gasteiger partial charge in [-0.15, -0.1) is 0 Å². The van der Waals surface area contributed by atoms with Crippen molar-refractivity contribution < 1.29 is 14.6 Å². The van der Waals surface area contributed by atoms with E-state index in [9.17, 15) is 9.90 Å². The van der Waals surface area contributed by atoms with Gasteiger partial charge in [0.1, 0.15) is 11.7 Å². The third kappa shape index (κ3) is 3.93. The van der Waals surface area contributed by atoms with Crippen LogP contribution in [0.15, 0.2) is 119 Å². The average Bonchev–Trinajstić information content (AvgIpc) is 3.70. The largest absolute Gasteiger partial charge is 0.510 e. The van der Waals surface area contributed by atoms with E-state index in [1.54, 1.807) is 0 Å². The zero-order valence-corrected chi connectivity index (χ0v) is 25.5. The molecule has 216 valence electrons. The van der Waals surface area contributed by atoms with Gasteiger partial charge in [-0.05, 0) is 74.1 Å². The summed E-state index contributed by atoms with van der Waals surface area (Å²) in [4.78, 5) is 28.4. The quantitative estimate of drug-likeness (QED) is 0.351. The predicted octanol–water partition coefficient (Wildman–Crippen LogP) is 7.04. The third-order valence-electron chi connectivity index (χ3n) is 9.46. The number of rotatable bonds is 5. The van der Waals surface area contributed by atoms with Crippen molar-refractivity contribution in [3.63, 3.8) is 0 Å². The minimum absolute atomic E-state index is 0.00237. The van der Waals surface area contributed by atoms with Gasteiger partial charge in [-0.1, -0.05) is 39.8 Å². The molecule has 0 radical (unpaired) electrons. The van der Waals surface area contributed by atoms with Crippen LogP contribution in [-0.4, -0.2) is 35.3 Å². The Morgan fingerprint density at radius 1 is 1.05 bits per heavy atom. The smallest absolute Gasteiger partial charge is 0.321 e. The number of methoxy groups -OCH3 is 1. The average molecular weight is 563 g/mol. The number of nitrogens with one attached hydrogen (secondary N) is 1. The number of aliphatic hydroxyl groups excluding tert-OH is 1. The van der Waals surface area contributed by atoms with Crippen LogP contribution in [0, 0.1) is 17.8 Å². The van der Waals surface area contributed by atoms with Crippen LogP contribution in [0.4, 0.5) is 0 Å². The molecule has 7 heteroatoms. The molecule has 8 bridgehead atoms. The van der Waals surface area contributed by atoms with E-state index in [1.807, 2.05) is 19.1 Å². The van der Waals surface area contributed by atoms with Crippen LogP contribution in [0.25, 0.3) is 0 Å². The van der Waals surface area contributed by atoms with Crippen molar-refractivity contribution in [2.75, 3.05) is 7.11 Å². The van der Waals surface area contributed by atoms with Crippen LogP contribution < -0.4 is 5.32 Å². The molecule has 0 aromatic heterocycles. The molecule has 7 nitrogen and oxygen atoms in total. The summed E-state index contributed by atoms with van der Waals surface area (Å²) >= 11 is 0. The molecular formula is C35H38N4O3. The van der Waals surface area contributed by atoms with Crippen molar-refractivity contribution in [2.45, 2.75) is 60.8 Å². The van der Waals surface area contributed by atoms with Gasteiger partial charge in [0.25, 0.3) is 0 Å². The first-order valence-corrected chi connectivity index (χ1v) is 14.8. The van der Waals surface area contributed by atoms with E-state index in [1.165, 1.54) is 7.11 Å². The fraction of sp³-hybridized carbons (Fsp3) is 0.371. The van der Waals surface area contributed by atoms with Crippen molar-refractivity contribution in [2.24, 2.45) is 32.7 Å². The lowest BCUT2D eigenvalue weighted by Crippen LogP contribution is -2.24. The molecule has 0 spiro atoms. The molecule has 1 aliphatic carbocycles. The van der Waals surface area contributed by atoms with E-state index in [0.717, 1.165) is 87.0 Å². The Hall–Kier alpha value is -4.26. The maximum absolute atomic E-state index is 13.2. The van der Waals surface area contributed by atoms with E-state index in [4.69, 9.17) is 19.7 Å². The maximum Gasteiger partial charge on any atom is 0.321 e. The third-order valence-corrected chi connectivity index (χ3v) is 9.46. The van der Waals surface area contributed by atoms with E-state index < -0.39 is 11.9 Å². The molecule has 5 heterocycles. The van der Waals surface area contributed by atoms with Gasteiger partial charge in [0.05, 0.1) is 41.3 Å². The normalized spacial score (nSPS) is 26.4. The number of carbonyl (C=O) groups is 1. The lowest BCUT2D eigenvalue weighted by Gasteiger charge is -2.20. The topological polar surface area (TPSA) is 95.6 Å². The van der Waals surface area contributed by atoms with Crippen molar-refractivity contribution in [3.05, 3.63) is 104 Å². The molecule has 5 aliphatic heterocycles. The van der Waals surface area contributed by atoms with Gasteiger partial charge < -0.3 is 15.2 Å². The zero-order valence-electron chi connectivity index (χ0n) is 25.5. The second kappa shape index (κ2) is 10.2. The molecule has 2 N–H and O–H groups in total. The molecule has 6 aliphatic rings. The van der Waals surface area contributed by atoms with E-state index in [-0.39, 0.29) is 17.6 Å². The Labute approximate surface area is 247 Å². The highest BCUT2D eigenvalue weighted by molar-refractivity contribution is 6.24. The maximum atomic E-state index is 13.2. The minimum atomic E-state index is -0.933. The number of carbonyl (C=O) groups excluding carboxylic acids is 1. The van der Waals surface area contributed by atoms with Gasteiger partial charge in [0, 0.05) is 39.9 Å². The van der Waals surface area contributed by atoms with Crippen LogP contribution in [0.5, 0.6) is 0 Å². The number of fused-ring (bicyclic) bond motifs is 5. The van der Waals surface area contributed by atoms with Crippen molar-refractivity contribution in [3.8, 4) is 0 Å². The molecule has 3 atom stereocenters. The fourth-order valence-corrected chi connectivity index (χ4v) is 7.08. The Morgan fingerprint density at radius 3 is 2.43 bits per heavy atom. The molecule has 1 fully saturated rings. The number of nitrogens with zero attached hydrogens (tertiary/aromatic N) is 3. The standard InChI is InChI=1S/C35H38N4O3/c1-9-12-22-18(6)25-13-23-16(4)20(10-2)27(36-23)14-24-17(5)21(11-3)28(37-24)15-26-19(7)29-33(39-26)30(32(22)38-25)31(34(29)40)35(41)42-8/h10,13-15,18,22,31,38,40H,2,9,11-12H2,1,3-8H3/t18?,22-,31?/m0/s1. The van der Waals surface area contributed by atoms with Crippen molar-refractivity contribution in [1.82, 2.24) is 5.32 Å². The van der Waals surface area contributed by atoms with Crippen molar-refractivity contribution >= 4 is 23.1 Å². The van der Waals surface area contributed by atoms with Gasteiger partial charge in [-0.2, -0.15) is 0 Å². The van der Waals surface area contributed by atoms with Gasteiger partial charge in [0.15, 0.2) is 0 Å². The first kappa shape index (κ1) is 27.9. The van der Waals surface area contributed by atoms with E-state index in [0.29, 0.717) is 16.9 Å². The SMILES string of the molecule is C=CC1=C(C)C2=NC1=CC1=NC(=CC3=C(C)C4=C(O)C(C(=O)OC)C(=C5NC(=C2)C(C)[C@@H]5CCC)C4=N3)C(CC)=C1C. The number of aliphatic imine (C=N–C) groups is 3. The molecule has 0 amide bonds. The summed E-state index contributed by atoms with van der Waals surface area (Å²) in [7, 11) is 1.36. The molecule has 0 saturated carbocycles. The molecule has 0 aromatic carbocycles. The summed E-state index contributed by atoms with van der Waals surface area (Å²) < 4.78 is 5.22. The lowest BCUT2D eigenvalue weighted by molar-refractivity contribution is -0.143. The number of hydrogen-bond acceptors (Lipinski definition) is 7. The molecular weight excluding hydrogens is 524 g/mol. The van der Waals surface area contributed by atoms with Crippen LogP contribution >= 0.6 is 0 Å². The highest BCUT2D eigenvalue weighted by atomic mass is 16.5. The molecule has 2 unspecified atom stereocenters. The summed E-state index contributed by atoms with van der Waals surface area (Å²) in [5.74, 6) is -1.19. The summed E-state index contributed by atoms with van der Waals surface area (Å²) in [5.41, 5.74) is 13.2. The number of allylic oxidation sites excluding steroid dienone is 11. The molecule has 0 aromatic rings. The summed E-state index contributed by atoms with van der Waals surface area (Å²) in [6.07, 6.45) is 10.8. The first-order chi connectivity index (χ1) is 20.1. The summed E-state index contributed by atoms with van der Waals surface area (Å²) in [5, 5.41) is 15.3. The van der Waals surface area contributed by atoms with Gasteiger partial charge in [0.2, 0.25) is 0 Å². The van der Waals surface area contributed by atoms with Crippen LogP contribution in [0.2, 0.25) is 0 Å². The number of aliphatic hydroxyl groups is 1. The Bertz CT molecular complexity index is 1710. The minimum Gasteiger partial charge on any atom is -0.510 e. The Kier molecular flexibility index (Phi) is 6.79. The van der Waals surface area contributed by atoms with E-state index >= 15 is 0 Å². The second-order valence-corrected chi connectivity index (χ2v) is 11.7. The summed E-state index contributed by atoms with van der Waals surface area (Å²) in [6.45, 7) is 16.7. The number of esters is 1. The van der Waals surface area contributed by atoms with Crippen LogP contribution in [-0.2, 0) is 9.53 Å². The molecule has 6 rings (SSSR count). The van der Waals surface area contributed by atoms with E-state index in [2.05, 4.69) is 58.7 Å². The highest BCUT2D eigenvalue weighted by Gasteiger charge is 2.48. The molecule has 42 heavy (non-hydrogen) atoms. The van der Waals surface area contributed by atoms with Gasteiger partial charge in [-0.25, -0.2) is 15.0 Å². The fourth-order valence-electron chi connectivity index (χ4n) is 7.08. The second-order valence-electron chi connectivity index (χ2n) is 11.7. The van der Waals surface area contributed by atoms with Gasteiger partial charge in [-0.3, -0.25) is 4.79 Å².